The van der Waals surface area contributed by atoms with Gasteiger partial charge in [-0.15, -0.1) is 11.3 Å². The van der Waals surface area contributed by atoms with Gasteiger partial charge in [0.25, 0.3) is 0 Å². The molecule has 2 rings (SSSR count). The smallest absolute Gasteiger partial charge is 0.325 e. The Kier molecular flexibility index (Phi) is 4.50. The zero-order valence-corrected chi connectivity index (χ0v) is 13.7. The quantitative estimate of drug-likeness (QED) is 0.885. The predicted molar refractivity (Wildman–Crippen MR) is 85.7 cm³/mol. The molecule has 0 saturated carbocycles. The van der Waals surface area contributed by atoms with Crippen LogP contribution in [0.3, 0.4) is 0 Å². The molecule has 7 nitrogen and oxygen atoms in total. The predicted octanol–water partition coefficient (Wildman–Crippen LogP) is 2.13. The SMILES string of the molecule is CC(C)c1cnc(N(C(N)=O)c2ccc(S(N)(=O)=O)cc2)s1. The number of rotatable bonds is 4. The fourth-order valence-electron chi connectivity index (χ4n) is 1.76. The number of carbonyl (C=O) groups excluding carboxylic acids is 1. The molecule has 1 heterocycles. The van der Waals surface area contributed by atoms with Gasteiger partial charge in [-0.1, -0.05) is 13.8 Å². The number of aromatic nitrogens is 1. The number of nitrogens with zero attached hydrogens (tertiary/aromatic N) is 2. The third kappa shape index (κ3) is 3.43. The molecule has 0 atom stereocenters. The van der Waals surface area contributed by atoms with Gasteiger partial charge in [0.15, 0.2) is 5.13 Å². The first-order chi connectivity index (χ1) is 10.2. The summed E-state index contributed by atoms with van der Waals surface area (Å²) in [5, 5.41) is 5.48. The van der Waals surface area contributed by atoms with E-state index in [-0.39, 0.29) is 10.8 Å². The van der Waals surface area contributed by atoms with Crippen LogP contribution in [0.5, 0.6) is 0 Å². The molecule has 0 bridgehead atoms. The molecule has 118 valence electrons. The molecule has 2 amide bonds. The van der Waals surface area contributed by atoms with Gasteiger partial charge >= 0.3 is 6.03 Å². The van der Waals surface area contributed by atoms with Gasteiger partial charge in [-0.3, -0.25) is 0 Å². The van der Waals surface area contributed by atoms with Gasteiger partial charge in [-0.25, -0.2) is 28.2 Å². The number of primary amides is 1. The number of carbonyl (C=O) groups is 1. The van der Waals surface area contributed by atoms with E-state index < -0.39 is 16.1 Å². The molecular weight excluding hydrogens is 324 g/mol. The summed E-state index contributed by atoms with van der Waals surface area (Å²) in [6.45, 7) is 4.04. The fourth-order valence-corrected chi connectivity index (χ4v) is 3.22. The van der Waals surface area contributed by atoms with Gasteiger partial charge in [-0.2, -0.15) is 0 Å². The van der Waals surface area contributed by atoms with Crippen LogP contribution in [-0.4, -0.2) is 19.4 Å². The van der Waals surface area contributed by atoms with E-state index in [9.17, 15) is 13.2 Å². The van der Waals surface area contributed by atoms with Crippen LogP contribution < -0.4 is 15.8 Å². The second-order valence-electron chi connectivity index (χ2n) is 4.91. The monoisotopic (exact) mass is 340 g/mol. The van der Waals surface area contributed by atoms with Gasteiger partial charge in [0.1, 0.15) is 0 Å². The van der Waals surface area contributed by atoms with E-state index >= 15 is 0 Å². The van der Waals surface area contributed by atoms with Gasteiger partial charge in [0, 0.05) is 11.1 Å². The largest absolute Gasteiger partial charge is 0.351 e. The van der Waals surface area contributed by atoms with Crippen molar-refractivity contribution < 1.29 is 13.2 Å². The van der Waals surface area contributed by atoms with Gasteiger partial charge in [-0.05, 0) is 30.2 Å². The lowest BCUT2D eigenvalue weighted by molar-refractivity contribution is 0.256. The normalized spacial score (nSPS) is 11.6. The number of thiazole rings is 1. The number of amides is 2. The van der Waals surface area contributed by atoms with E-state index in [4.69, 9.17) is 10.9 Å². The van der Waals surface area contributed by atoms with Crippen molar-refractivity contribution in [3.63, 3.8) is 0 Å². The average Bonchev–Trinajstić information content (AvgIpc) is 2.87. The Morgan fingerprint density at radius 1 is 1.27 bits per heavy atom. The Hall–Kier alpha value is -1.97. The third-order valence-corrected chi connectivity index (χ3v) is 5.13. The van der Waals surface area contributed by atoms with Crippen molar-refractivity contribution in [1.29, 1.82) is 0 Å². The van der Waals surface area contributed by atoms with Crippen molar-refractivity contribution in [3.05, 3.63) is 35.3 Å². The lowest BCUT2D eigenvalue weighted by Gasteiger charge is -2.17. The lowest BCUT2D eigenvalue weighted by Crippen LogP contribution is -2.31. The summed E-state index contributed by atoms with van der Waals surface area (Å²) in [5.41, 5.74) is 5.84. The number of hydrogen-bond acceptors (Lipinski definition) is 5. The van der Waals surface area contributed by atoms with Gasteiger partial charge in [0.2, 0.25) is 10.0 Å². The second kappa shape index (κ2) is 6.03. The van der Waals surface area contributed by atoms with Crippen LogP contribution in [0.15, 0.2) is 35.4 Å². The molecule has 1 aromatic heterocycles. The van der Waals surface area contributed by atoms with Gasteiger partial charge in [0.05, 0.1) is 10.6 Å². The van der Waals surface area contributed by atoms with Crippen molar-refractivity contribution in [2.24, 2.45) is 10.9 Å². The van der Waals surface area contributed by atoms with Crippen molar-refractivity contribution in [2.75, 3.05) is 4.90 Å². The Labute approximate surface area is 132 Å². The van der Waals surface area contributed by atoms with Crippen LogP contribution in [0, 0.1) is 0 Å². The molecule has 0 saturated heterocycles. The molecule has 0 radical (unpaired) electrons. The molecule has 0 aliphatic heterocycles. The minimum absolute atomic E-state index is 0.0392. The standard InChI is InChI=1S/C13H16N4O3S2/c1-8(2)11-7-16-13(21-11)17(12(14)18)9-3-5-10(6-4-9)22(15,19)20/h3-8H,1-2H3,(H2,14,18)(H2,15,19,20). The van der Waals surface area contributed by atoms with E-state index in [0.717, 1.165) is 4.88 Å². The molecule has 4 N–H and O–H groups in total. The molecule has 0 aliphatic rings. The Balaban J connectivity index is 2.42. The maximum absolute atomic E-state index is 11.7. The lowest BCUT2D eigenvalue weighted by atomic mass is 10.2. The number of hydrogen-bond donors (Lipinski definition) is 2. The molecule has 9 heteroatoms. The van der Waals surface area contributed by atoms with Crippen LogP contribution in [0.25, 0.3) is 0 Å². The summed E-state index contributed by atoms with van der Waals surface area (Å²) in [6.07, 6.45) is 1.69. The molecule has 0 unspecified atom stereocenters. The number of primary sulfonamides is 1. The van der Waals surface area contributed by atoms with E-state index in [2.05, 4.69) is 4.98 Å². The maximum Gasteiger partial charge on any atom is 0.325 e. The summed E-state index contributed by atoms with van der Waals surface area (Å²) in [4.78, 5) is 18.1. The van der Waals surface area contributed by atoms with Crippen LogP contribution in [-0.2, 0) is 10.0 Å². The number of urea groups is 1. The van der Waals surface area contributed by atoms with Gasteiger partial charge < -0.3 is 5.73 Å². The highest BCUT2D eigenvalue weighted by Gasteiger charge is 2.20. The average molecular weight is 340 g/mol. The minimum Gasteiger partial charge on any atom is -0.351 e. The first-order valence-corrected chi connectivity index (χ1v) is 8.74. The van der Waals surface area contributed by atoms with Crippen molar-refractivity contribution in [2.45, 2.75) is 24.7 Å². The zero-order valence-electron chi connectivity index (χ0n) is 12.1. The molecular formula is C13H16N4O3S2. The zero-order chi connectivity index (χ0) is 16.5. The summed E-state index contributed by atoms with van der Waals surface area (Å²) in [6, 6.07) is 4.85. The van der Waals surface area contributed by atoms with Crippen molar-refractivity contribution >= 4 is 38.2 Å². The van der Waals surface area contributed by atoms with E-state index in [1.54, 1.807) is 6.20 Å². The summed E-state index contributed by atoms with van der Waals surface area (Å²) >= 11 is 1.35. The summed E-state index contributed by atoms with van der Waals surface area (Å²) in [5.74, 6) is 0.283. The molecule has 1 aromatic carbocycles. The van der Waals surface area contributed by atoms with Crippen LogP contribution in [0.1, 0.15) is 24.6 Å². The number of anilines is 2. The number of sulfonamides is 1. The fraction of sp³-hybridized carbons (Fsp3) is 0.231. The number of nitrogens with two attached hydrogens (primary N) is 2. The Bertz CT molecular complexity index is 782. The molecule has 2 aromatic rings. The molecule has 22 heavy (non-hydrogen) atoms. The summed E-state index contributed by atoms with van der Waals surface area (Å²) in [7, 11) is -3.79. The molecule has 0 fully saturated rings. The number of benzene rings is 1. The minimum atomic E-state index is -3.79. The van der Waals surface area contributed by atoms with Crippen LogP contribution in [0.2, 0.25) is 0 Å². The van der Waals surface area contributed by atoms with E-state index in [1.165, 1.54) is 40.5 Å². The third-order valence-electron chi connectivity index (χ3n) is 2.92. The van der Waals surface area contributed by atoms with Crippen LogP contribution >= 0.6 is 11.3 Å². The first kappa shape index (κ1) is 16.4. The molecule has 0 spiro atoms. The molecule has 0 aliphatic carbocycles. The topological polar surface area (TPSA) is 119 Å². The Morgan fingerprint density at radius 2 is 1.86 bits per heavy atom. The summed E-state index contributed by atoms with van der Waals surface area (Å²) < 4.78 is 22.5. The van der Waals surface area contributed by atoms with E-state index in [0.29, 0.717) is 10.8 Å². The van der Waals surface area contributed by atoms with Crippen LogP contribution in [0.4, 0.5) is 15.6 Å². The first-order valence-electron chi connectivity index (χ1n) is 6.38. The highest BCUT2D eigenvalue weighted by atomic mass is 32.2. The second-order valence-corrected chi connectivity index (χ2v) is 7.51. The maximum atomic E-state index is 11.7. The van der Waals surface area contributed by atoms with Crippen molar-refractivity contribution in [3.8, 4) is 0 Å². The highest BCUT2D eigenvalue weighted by Crippen LogP contribution is 2.32. The van der Waals surface area contributed by atoms with Crippen molar-refractivity contribution in [1.82, 2.24) is 4.98 Å². The highest BCUT2D eigenvalue weighted by molar-refractivity contribution is 7.89. The van der Waals surface area contributed by atoms with E-state index in [1.807, 2.05) is 13.8 Å². The Morgan fingerprint density at radius 3 is 2.27 bits per heavy atom.